The minimum Gasteiger partial charge on any atom is -0.376 e. The number of likely N-dealkylation sites (tertiary alicyclic amines) is 1. The molecule has 2 fully saturated rings. The molecule has 0 aromatic heterocycles. The number of aliphatic imine (C=N–C) groups is 1. The maximum Gasteiger partial charge on any atom is 0.209 e. The van der Waals surface area contributed by atoms with Crippen LogP contribution in [-0.4, -0.2) is 82.7 Å². The van der Waals surface area contributed by atoms with E-state index in [2.05, 4.69) is 19.9 Å². The maximum atomic E-state index is 11.5. The molecule has 2 saturated heterocycles. The van der Waals surface area contributed by atoms with Crippen molar-refractivity contribution in [2.45, 2.75) is 64.2 Å². The average Bonchev–Trinajstić information content (AvgIpc) is 3.09. The Morgan fingerprint density at radius 1 is 1.30 bits per heavy atom. The van der Waals surface area contributed by atoms with E-state index in [1.165, 1.54) is 6.26 Å². The van der Waals surface area contributed by atoms with E-state index in [0.717, 1.165) is 57.9 Å². The van der Waals surface area contributed by atoms with Gasteiger partial charge in [-0.1, -0.05) is 0 Å². The lowest BCUT2D eigenvalue weighted by atomic mass is 10.1. The van der Waals surface area contributed by atoms with Crippen LogP contribution in [0, 0.1) is 0 Å². The van der Waals surface area contributed by atoms with Gasteiger partial charge in [0.1, 0.15) is 0 Å². The molecular weight excluding hydrogens is 368 g/mol. The smallest absolute Gasteiger partial charge is 0.209 e. The van der Waals surface area contributed by atoms with E-state index in [0.29, 0.717) is 13.2 Å². The third-order valence-electron chi connectivity index (χ3n) is 4.70. The molecule has 1 unspecified atom stereocenters. The number of guanidine groups is 1. The maximum absolute atomic E-state index is 11.5. The zero-order chi connectivity index (χ0) is 19.9. The van der Waals surface area contributed by atoms with Crippen LogP contribution in [0.15, 0.2) is 4.99 Å². The molecule has 2 aliphatic heterocycles. The standard InChI is InChI=1S/C18H36N4O4S/c1-5-19-17(20-14-18(2,3)21-27(4,23)24)22-10-8-15(9-11-22)26-13-16-7-6-12-25-16/h15-16,21H,5-14H2,1-4H3,(H,19,20). The Morgan fingerprint density at radius 2 is 2.00 bits per heavy atom. The van der Waals surface area contributed by atoms with E-state index >= 15 is 0 Å². The monoisotopic (exact) mass is 404 g/mol. The second kappa shape index (κ2) is 10.0. The number of nitrogens with zero attached hydrogens (tertiary/aromatic N) is 2. The second-order valence-electron chi connectivity index (χ2n) is 8.08. The van der Waals surface area contributed by atoms with Crippen molar-refractivity contribution in [3.8, 4) is 0 Å². The lowest BCUT2D eigenvalue weighted by Gasteiger charge is -2.35. The molecule has 1 atom stereocenters. The number of nitrogens with one attached hydrogen (secondary N) is 2. The van der Waals surface area contributed by atoms with Gasteiger partial charge in [-0.05, 0) is 46.5 Å². The predicted octanol–water partition coefficient (Wildman–Crippen LogP) is 0.940. The first-order chi connectivity index (χ1) is 12.7. The summed E-state index contributed by atoms with van der Waals surface area (Å²) in [6.07, 6.45) is 5.88. The topological polar surface area (TPSA) is 92.3 Å². The van der Waals surface area contributed by atoms with Crippen molar-refractivity contribution in [2.75, 3.05) is 45.6 Å². The first-order valence-corrected chi connectivity index (χ1v) is 11.8. The van der Waals surface area contributed by atoms with Gasteiger partial charge < -0.3 is 19.7 Å². The molecule has 0 amide bonds. The van der Waals surface area contributed by atoms with Gasteiger partial charge in [-0.25, -0.2) is 13.1 Å². The molecule has 2 rings (SSSR count). The van der Waals surface area contributed by atoms with Crippen LogP contribution in [0.1, 0.15) is 46.5 Å². The molecule has 0 spiro atoms. The number of sulfonamides is 1. The highest BCUT2D eigenvalue weighted by molar-refractivity contribution is 7.88. The molecule has 0 radical (unpaired) electrons. The van der Waals surface area contributed by atoms with Gasteiger partial charge in [0.25, 0.3) is 0 Å². The molecule has 8 nitrogen and oxygen atoms in total. The normalized spacial score (nSPS) is 23.0. The van der Waals surface area contributed by atoms with Gasteiger partial charge in [-0.15, -0.1) is 0 Å². The third-order valence-corrected chi connectivity index (χ3v) is 5.63. The highest BCUT2D eigenvalue weighted by Crippen LogP contribution is 2.18. The lowest BCUT2D eigenvalue weighted by molar-refractivity contribution is -0.0367. The number of hydrogen-bond donors (Lipinski definition) is 2. The van der Waals surface area contributed by atoms with Crippen molar-refractivity contribution in [3.63, 3.8) is 0 Å². The van der Waals surface area contributed by atoms with Gasteiger partial charge in [0.15, 0.2) is 5.96 Å². The minimum atomic E-state index is -3.27. The molecule has 0 bridgehead atoms. The van der Waals surface area contributed by atoms with Crippen LogP contribution in [0.2, 0.25) is 0 Å². The zero-order valence-electron chi connectivity index (χ0n) is 17.2. The van der Waals surface area contributed by atoms with Crippen LogP contribution in [0.25, 0.3) is 0 Å². The van der Waals surface area contributed by atoms with Gasteiger partial charge in [0.05, 0.1) is 31.6 Å². The van der Waals surface area contributed by atoms with E-state index in [9.17, 15) is 8.42 Å². The van der Waals surface area contributed by atoms with Crippen LogP contribution >= 0.6 is 0 Å². The largest absolute Gasteiger partial charge is 0.376 e. The van der Waals surface area contributed by atoms with Gasteiger partial charge in [0, 0.05) is 31.8 Å². The summed E-state index contributed by atoms with van der Waals surface area (Å²) in [6, 6.07) is 0. The average molecular weight is 405 g/mol. The second-order valence-corrected chi connectivity index (χ2v) is 9.83. The third kappa shape index (κ3) is 8.33. The van der Waals surface area contributed by atoms with Crippen molar-refractivity contribution in [3.05, 3.63) is 0 Å². The van der Waals surface area contributed by atoms with Crippen LogP contribution < -0.4 is 10.0 Å². The molecule has 2 aliphatic rings. The molecular formula is C18H36N4O4S. The molecule has 2 N–H and O–H groups in total. The minimum absolute atomic E-state index is 0.270. The van der Waals surface area contributed by atoms with Gasteiger partial charge >= 0.3 is 0 Å². The van der Waals surface area contributed by atoms with Crippen molar-refractivity contribution < 1.29 is 17.9 Å². The zero-order valence-corrected chi connectivity index (χ0v) is 18.0. The molecule has 158 valence electrons. The SMILES string of the molecule is CCNC(=NCC(C)(C)NS(C)(=O)=O)N1CCC(OCC2CCCO2)CC1. The van der Waals surface area contributed by atoms with Crippen LogP contribution in [-0.2, 0) is 19.5 Å². The molecule has 27 heavy (non-hydrogen) atoms. The number of piperidine rings is 1. The van der Waals surface area contributed by atoms with Gasteiger partial charge in [0.2, 0.25) is 10.0 Å². The summed E-state index contributed by atoms with van der Waals surface area (Å²) < 4.78 is 37.3. The first-order valence-electron chi connectivity index (χ1n) is 9.94. The van der Waals surface area contributed by atoms with E-state index in [1.54, 1.807) is 0 Å². The fourth-order valence-electron chi connectivity index (χ4n) is 3.49. The van der Waals surface area contributed by atoms with Crippen molar-refractivity contribution in [1.82, 2.24) is 14.9 Å². The number of ether oxygens (including phenoxy) is 2. The molecule has 0 saturated carbocycles. The van der Waals surface area contributed by atoms with E-state index in [4.69, 9.17) is 9.47 Å². The van der Waals surface area contributed by atoms with E-state index in [-0.39, 0.29) is 12.2 Å². The van der Waals surface area contributed by atoms with Crippen molar-refractivity contribution >= 4 is 16.0 Å². The van der Waals surface area contributed by atoms with E-state index < -0.39 is 15.6 Å². The molecule has 2 heterocycles. The van der Waals surface area contributed by atoms with Crippen molar-refractivity contribution in [2.24, 2.45) is 4.99 Å². The number of rotatable bonds is 8. The van der Waals surface area contributed by atoms with Crippen molar-refractivity contribution in [1.29, 1.82) is 0 Å². The number of hydrogen-bond acceptors (Lipinski definition) is 5. The fourth-order valence-corrected chi connectivity index (χ4v) is 4.55. The predicted molar refractivity (Wildman–Crippen MR) is 108 cm³/mol. The Labute approximate surface area is 164 Å². The summed E-state index contributed by atoms with van der Waals surface area (Å²) in [5, 5.41) is 3.32. The van der Waals surface area contributed by atoms with Gasteiger partial charge in [-0.2, -0.15) is 0 Å². The van der Waals surface area contributed by atoms with Crippen LogP contribution in [0.3, 0.4) is 0 Å². The Morgan fingerprint density at radius 3 is 2.56 bits per heavy atom. The van der Waals surface area contributed by atoms with Crippen LogP contribution in [0.4, 0.5) is 0 Å². The molecule has 9 heteroatoms. The highest BCUT2D eigenvalue weighted by atomic mass is 32.2. The molecule has 0 aromatic rings. The lowest BCUT2D eigenvalue weighted by Crippen LogP contribution is -2.49. The Bertz CT molecular complexity index is 580. The first kappa shape index (κ1) is 22.4. The van der Waals surface area contributed by atoms with Gasteiger partial charge in [-0.3, -0.25) is 4.99 Å². The summed E-state index contributed by atoms with van der Waals surface area (Å²) in [5.41, 5.74) is -0.628. The summed E-state index contributed by atoms with van der Waals surface area (Å²) >= 11 is 0. The quantitative estimate of drug-likeness (QED) is 0.462. The molecule has 0 aliphatic carbocycles. The highest BCUT2D eigenvalue weighted by Gasteiger charge is 2.26. The fraction of sp³-hybridized carbons (Fsp3) is 0.944. The Balaban J connectivity index is 1.83. The van der Waals surface area contributed by atoms with Crippen LogP contribution in [0.5, 0.6) is 0 Å². The Kier molecular flexibility index (Phi) is 8.33. The summed E-state index contributed by atoms with van der Waals surface area (Å²) in [6.45, 7) is 10.2. The summed E-state index contributed by atoms with van der Waals surface area (Å²) in [5.74, 6) is 0.832. The van der Waals surface area contributed by atoms with E-state index in [1.807, 2.05) is 20.8 Å². The summed E-state index contributed by atoms with van der Waals surface area (Å²) in [4.78, 5) is 6.90. The Hall–Kier alpha value is -0.900. The summed E-state index contributed by atoms with van der Waals surface area (Å²) in [7, 11) is -3.27. The molecule has 0 aromatic carbocycles.